The van der Waals surface area contributed by atoms with Crippen molar-refractivity contribution in [2.75, 3.05) is 0 Å². The molecule has 2 heteroatoms. The number of rotatable bonds is 0. The summed E-state index contributed by atoms with van der Waals surface area (Å²) in [5, 5.41) is 3.36. The van der Waals surface area contributed by atoms with E-state index in [2.05, 4.69) is 40.4 Å². The van der Waals surface area contributed by atoms with Crippen LogP contribution in [-0.4, -0.2) is 9.38 Å². The summed E-state index contributed by atoms with van der Waals surface area (Å²) < 4.78 is 2.15. The van der Waals surface area contributed by atoms with Gasteiger partial charge in [0.1, 0.15) is 5.65 Å². The van der Waals surface area contributed by atoms with Crippen molar-refractivity contribution in [1.29, 1.82) is 0 Å². The van der Waals surface area contributed by atoms with Gasteiger partial charge >= 0.3 is 0 Å². The largest absolute Gasteiger partial charge is 0.299 e. The predicted molar refractivity (Wildman–Crippen MR) is 72.3 cm³/mol. The van der Waals surface area contributed by atoms with Crippen molar-refractivity contribution in [3.05, 3.63) is 46.6 Å². The molecule has 2 nitrogen and oxygen atoms in total. The molecule has 0 aliphatic carbocycles. The molecule has 0 saturated heterocycles. The van der Waals surface area contributed by atoms with Gasteiger partial charge < -0.3 is 0 Å². The topological polar surface area (TPSA) is 17.3 Å². The summed E-state index contributed by atoms with van der Waals surface area (Å²) >= 11 is 0. The van der Waals surface area contributed by atoms with E-state index in [1.54, 1.807) is 0 Å². The number of benzene rings is 1. The van der Waals surface area contributed by atoms with Crippen LogP contribution in [0.25, 0.3) is 29.2 Å². The highest BCUT2D eigenvalue weighted by molar-refractivity contribution is 5.83. The Hall–Kier alpha value is -2.09. The van der Waals surface area contributed by atoms with Gasteiger partial charge in [0.2, 0.25) is 0 Å². The third-order valence-corrected chi connectivity index (χ3v) is 3.17. The first-order valence-electron chi connectivity index (χ1n) is 5.74. The highest BCUT2D eigenvalue weighted by Crippen LogP contribution is 2.11. The summed E-state index contributed by atoms with van der Waals surface area (Å²) in [7, 11) is 0. The van der Waals surface area contributed by atoms with Crippen LogP contribution in [0.1, 0.15) is 12.6 Å². The molecule has 3 aromatic rings. The summed E-state index contributed by atoms with van der Waals surface area (Å²) in [6.45, 7) is 8.24. The molecule has 3 rings (SSSR count). The van der Waals surface area contributed by atoms with E-state index < -0.39 is 0 Å². The summed E-state index contributed by atoms with van der Waals surface area (Å²) in [5.41, 5.74) is 3.19. The van der Waals surface area contributed by atoms with E-state index in [0.29, 0.717) is 0 Å². The Labute approximate surface area is 99.5 Å². The minimum Gasteiger partial charge on any atom is -0.299 e. The van der Waals surface area contributed by atoms with Gasteiger partial charge in [-0.2, -0.15) is 0 Å². The predicted octanol–water partition coefficient (Wildman–Crippen LogP) is 2.01. The number of pyridine rings is 1. The first-order chi connectivity index (χ1) is 8.22. The van der Waals surface area contributed by atoms with Crippen molar-refractivity contribution in [2.45, 2.75) is 13.8 Å². The van der Waals surface area contributed by atoms with Gasteiger partial charge in [-0.25, -0.2) is 4.98 Å². The maximum absolute atomic E-state index is 4.59. The lowest BCUT2D eigenvalue weighted by atomic mass is 10.1. The Morgan fingerprint density at radius 3 is 2.82 bits per heavy atom. The number of para-hydroxylation sites is 1. The van der Waals surface area contributed by atoms with Gasteiger partial charge in [-0.3, -0.25) is 4.40 Å². The fourth-order valence-electron chi connectivity index (χ4n) is 2.39. The molecule has 0 bridgehead atoms. The van der Waals surface area contributed by atoms with Crippen LogP contribution in [0.15, 0.2) is 30.5 Å². The maximum atomic E-state index is 4.59. The maximum Gasteiger partial charge on any atom is 0.145 e. The van der Waals surface area contributed by atoms with Gasteiger partial charge in [0.25, 0.3) is 0 Å². The monoisotopic (exact) mass is 222 g/mol. The van der Waals surface area contributed by atoms with Crippen molar-refractivity contribution >= 4 is 29.2 Å². The number of hydrogen-bond donors (Lipinski definition) is 0. The molecule has 0 aliphatic heterocycles. The van der Waals surface area contributed by atoms with E-state index in [-0.39, 0.29) is 0 Å². The molecule has 2 heterocycles. The molecule has 0 radical (unpaired) electrons. The second-order valence-corrected chi connectivity index (χ2v) is 4.27. The second kappa shape index (κ2) is 3.45. The minimum atomic E-state index is 0.994. The van der Waals surface area contributed by atoms with Crippen LogP contribution in [0.5, 0.6) is 0 Å². The molecule has 0 amide bonds. The van der Waals surface area contributed by atoms with E-state index in [1.165, 1.54) is 10.9 Å². The molecule has 0 fully saturated rings. The van der Waals surface area contributed by atoms with Crippen molar-refractivity contribution in [1.82, 2.24) is 9.38 Å². The lowest BCUT2D eigenvalue weighted by molar-refractivity contribution is 1.23. The lowest BCUT2D eigenvalue weighted by Gasteiger charge is -2.03. The molecule has 2 aromatic heterocycles. The molecular formula is C15H14N2. The average Bonchev–Trinajstić information content (AvgIpc) is 2.72. The molecular weight excluding hydrogens is 208 g/mol. The Morgan fingerprint density at radius 1 is 1.29 bits per heavy atom. The molecule has 0 spiro atoms. The van der Waals surface area contributed by atoms with Gasteiger partial charge in [0.15, 0.2) is 0 Å². The lowest BCUT2D eigenvalue weighted by Crippen LogP contribution is -2.27. The average molecular weight is 222 g/mol. The normalized spacial score (nSPS) is 12.7. The van der Waals surface area contributed by atoms with E-state index >= 15 is 0 Å². The summed E-state index contributed by atoms with van der Waals surface area (Å²) in [4.78, 5) is 4.59. The highest BCUT2D eigenvalue weighted by Gasteiger charge is 2.05. The first-order valence-corrected chi connectivity index (χ1v) is 5.74. The fourth-order valence-corrected chi connectivity index (χ4v) is 2.39. The fraction of sp³-hybridized carbons (Fsp3) is 0.133. The Balaban J connectivity index is 2.79. The van der Waals surface area contributed by atoms with Crippen LogP contribution in [-0.2, 0) is 0 Å². The van der Waals surface area contributed by atoms with Gasteiger partial charge in [-0.1, -0.05) is 30.9 Å². The van der Waals surface area contributed by atoms with Crippen LogP contribution >= 0.6 is 0 Å². The standard InChI is InChI=1S/C15H14N2/c1-4-12-11(3)13-7-5-6-8-14(13)17-9-10(2)16-15(12)17/h4-9H,3H2,1-2H3/b12-4+. The molecule has 1 aromatic carbocycles. The number of nitrogens with zero attached hydrogens (tertiary/aromatic N) is 2. The van der Waals surface area contributed by atoms with Gasteiger partial charge in [-0.15, -0.1) is 0 Å². The Bertz CT molecular complexity index is 825. The summed E-state index contributed by atoms with van der Waals surface area (Å²) in [5.74, 6) is 0. The van der Waals surface area contributed by atoms with Crippen LogP contribution in [0.4, 0.5) is 0 Å². The molecule has 17 heavy (non-hydrogen) atoms. The smallest absolute Gasteiger partial charge is 0.145 e. The molecule has 0 N–H and O–H groups in total. The number of imidazole rings is 1. The van der Waals surface area contributed by atoms with E-state index in [1.807, 2.05) is 26.0 Å². The molecule has 0 saturated carbocycles. The van der Waals surface area contributed by atoms with Crippen LogP contribution in [0, 0.1) is 6.92 Å². The number of fused-ring (bicyclic) bond motifs is 3. The molecule has 0 atom stereocenters. The van der Waals surface area contributed by atoms with Gasteiger partial charge in [0, 0.05) is 16.8 Å². The van der Waals surface area contributed by atoms with Crippen LogP contribution < -0.4 is 10.4 Å². The first kappa shape index (κ1) is 10.1. The van der Waals surface area contributed by atoms with Crippen molar-refractivity contribution in [3.8, 4) is 0 Å². The SMILES string of the molecule is C=c1/c(=C\C)c2nc(C)cn2c2ccccc12. The van der Waals surface area contributed by atoms with E-state index in [9.17, 15) is 0 Å². The number of aryl methyl sites for hydroxylation is 1. The quantitative estimate of drug-likeness (QED) is 0.568. The highest BCUT2D eigenvalue weighted by atomic mass is 15.0. The number of aromatic nitrogens is 2. The summed E-state index contributed by atoms with van der Waals surface area (Å²) in [6, 6.07) is 8.31. The van der Waals surface area contributed by atoms with E-state index in [4.69, 9.17) is 0 Å². The van der Waals surface area contributed by atoms with Gasteiger partial charge in [-0.05, 0) is 25.1 Å². The van der Waals surface area contributed by atoms with Gasteiger partial charge in [0.05, 0.1) is 11.2 Å². The molecule has 84 valence electrons. The van der Waals surface area contributed by atoms with Crippen molar-refractivity contribution < 1.29 is 0 Å². The van der Waals surface area contributed by atoms with Crippen molar-refractivity contribution in [3.63, 3.8) is 0 Å². The van der Waals surface area contributed by atoms with Crippen molar-refractivity contribution in [2.24, 2.45) is 0 Å². The molecule has 0 unspecified atom stereocenters. The third-order valence-electron chi connectivity index (χ3n) is 3.17. The zero-order valence-corrected chi connectivity index (χ0v) is 10.1. The van der Waals surface area contributed by atoms with Crippen LogP contribution in [0.2, 0.25) is 0 Å². The third kappa shape index (κ3) is 1.30. The van der Waals surface area contributed by atoms with Crippen LogP contribution in [0.3, 0.4) is 0 Å². The summed E-state index contributed by atoms with van der Waals surface area (Å²) in [6.07, 6.45) is 4.15. The Morgan fingerprint density at radius 2 is 2.06 bits per heavy atom. The number of hydrogen-bond acceptors (Lipinski definition) is 1. The Kier molecular flexibility index (Phi) is 2.05. The van der Waals surface area contributed by atoms with E-state index in [0.717, 1.165) is 21.8 Å². The molecule has 0 aliphatic rings. The second-order valence-electron chi connectivity index (χ2n) is 4.27. The zero-order valence-electron chi connectivity index (χ0n) is 10.1. The zero-order chi connectivity index (χ0) is 12.0. The minimum absolute atomic E-state index is 0.994.